The smallest absolute Gasteiger partial charge is 0.236 e. The van der Waals surface area contributed by atoms with Crippen molar-refractivity contribution in [1.29, 1.82) is 0 Å². The van der Waals surface area contributed by atoms with Gasteiger partial charge in [0.25, 0.3) is 0 Å². The molecule has 1 aliphatic heterocycles. The number of hydrogen-bond acceptors (Lipinski definition) is 4. The number of likely N-dealkylation sites (N-methyl/N-ethyl adjacent to an activating group) is 1. The standard InChI is InChI=1S/C11H22N2O3/c1-4-15-11(16-5-2)9-13-7-6-12(3)10(14)8-13/h11H,4-9H2,1-3H3. The number of nitrogens with zero attached hydrogens (tertiary/aromatic N) is 2. The van der Waals surface area contributed by atoms with Gasteiger partial charge in [-0.15, -0.1) is 0 Å². The lowest BCUT2D eigenvalue weighted by Gasteiger charge is -2.33. The molecule has 0 aromatic carbocycles. The molecule has 0 unspecified atom stereocenters. The summed E-state index contributed by atoms with van der Waals surface area (Å²) in [6.45, 7) is 7.96. The number of ether oxygens (including phenoxy) is 2. The van der Waals surface area contributed by atoms with Gasteiger partial charge in [0.2, 0.25) is 5.91 Å². The van der Waals surface area contributed by atoms with Crippen LogP contribution in [0.1, 0.15) is 13.8 Å². The zero-order chi connectivity index (χ0) is 12.0. The highest BCUT2D eigenvalue weighted by Gasteiger charge is 2.23. The van der Waals surface area contributed by atoms with Crippen molar-refractivity contribution in [3.8, 4) is 0 Å². The Morgan fingerprint density at radius 1 is 1.25 bits per heavy atom. The summed E-state index contributed by atoms with van der Waals surface area (Å²) in [4.78, 5) is 15.3. The first-order chi connectivity index (χ1) is 7.67. The van der Waals surface area contributed by atoms with Gasteiger partial charge >= 0.3 is 0 Å². The van der Waals surface area contributed by atoms with E-state index < -0.39 is 0 Å². The van der Waals surface area contributed by atoms with E-state index >= 15 is 0 Å². The summed E-state index contributed by atoms with van der Waals surface area (Å²) < 4.78 is 10.9. The SMILES string of the molecule is CCOC(CN1CCN(C)C(=O)C1)OCC. The van der Waals surface area contributed by atoms with Crippen molar-refractivity contribution >= 4 is 5.91 Å². The van der Waals surface area contributed by atoms with E-state index in [1.165, 1.54) is 0 Å². The van der Waals surface area contributed by atoms with Crippen LogP contribution in [0, 0.1) is 0 Å². The van der Waals surface area contributed by atoms with Crippen LogP contribution in [0.25, 0.3) is 0 Å². The molecular weight excluding hydrogens is 208 g/mol. The number of carbonyl (C=O) groups is 1. The fourth-order valence-corrected chi connectivity index (χ4v) is 1.70. The predicted molar refractivity (Wildman–Crippen MR) is 61.1 cm³/mol. The second-order valence-corrected chi connectivity index (χ2v) is 3.89. The van der Waals surface area contributed by atoms with Gasteiger partial charge in [-0.2, -0.15) is 0 Å². The highest BCUT2D eigenvalue weighted by atomic mass is 16.7. The zero-order valence-corrected chi connectivity index (χ0v) is 10.4. The average molecular weight is 230 g/mol. The summed E-state index contributed by atoms with van der Waals surface area (Å²) >= 11 is 0. The number of carbonyl (C=O) groups excluding carboxylic acids is 1. The molecule has 0 aromatic heterocycles. The molecule has 0 atom stereocenters. The fraction of sp³-hybridized carbons (Fsp3) is 0.909. The van der Waals surface area contributed by atoms with Crippen molar-refractivity contribution in [2.24, 2.45) is 0 Å². The van der Waals surface area contributed by atoms with E-state index in [-0.39, 0.29) is 12.2 Å². The second kappa shape index (κ2) is 6.83. The maximum Gasteiger partial charge on any atom is 0.236 e. The first-order valence-electron chi connectivity index (χ1n) is 5.86. The molecule has 5 heteroatoms. The van der Waals surface area contributed by atoms with Crippen molar-refractivity contribution in [1.82, 2.24) is 9.80 Å². The van der Waals surface area contributed by atoms with Crippen LogP contribution in [0.2, 0.25) is 0 Å². The van der Waals surface area contributed by atoms with Crippen molar-refractivity contribution in [3.05, 3.63) is 0 Å². The van der Waals surface area contributed by atoms with Gasteiger partial charge < -0.3 is 14.4 Å². The average Bonchev–Trinajstić information content (AvgIpc) is 2.24. The van der Waals surface area contributed by atoms with E-state index in [0.717, 1.165) is 13.1 Å². The minimum Gasteiger partial charge on any atom is -0.352 e. The predicted octanol–water partition coefficient (Wildman–Crippen LogP) is 0.160. The summed E-state index contributed by atoms with van der Waals surface area (Å²) in [7, 11) is 1.84. The normalized spacial score (nSPS) is 18.5. The van der Waals surface area contributed by atoms with Gasteiger partial charge in [0.1, 0.15) is 0 Å². The molecule has 0 aliphatic carbocycles. The zero-order valence-electron chi connectivity index (χ0n) is 10.4. The van der Waals surface area contributed by atoms with Crippen molar-refractivity contribution in [2.45, 2.75) is 20.1 Å². The Morgan fingerprint density at radius 2 is 1.88 bits per heavy atom. The lowest BCUT2D eigenvalue weighted by Crippen LogP contribution is -2.51. The fourth-order valence-electron chi connectivity index (χ4n) is 1.70. The first-order valence-corrected chi connectivity index (χ1v) is 5.86. The molecule has 0 aromatic rings. The molecule has 0 N–H and O–H groups in total. The number of hydrogen-bond donors (Lipinski definition) is 0. The van der Waals surface area contributed by atoms with Crippen molar-refractivity contribution < 1.29 is 14.3 Å². The Morgan fingerprint density at radius 3 is 2.38 bits per heavy atom. The molecule has 16 heavy (non-hydrogen) atoms. The van der Waals surface area contributed by atoms with Gasteiger partial charge in [0, 0.05) is 33.4 Å². The Kier molecular flexibility index (Phi) is 5.73. The van der Waals surface area contributed by atoms with Gasteiger partial charge in [-0.1, -0.05) is 0 Å². The molecule has 1 heterocycles. The summed E-state index contributed by atoms with van der Waals surface area (Å²) in [5.74, 6) is 0.165. The van der Waals surface area contributed by atoms with Crippen LogP contribution in [0.15, 0.2) is 0 Å². The quantitative estimate of drug-likeness (QED) is 0.610. The molecule has 1 fully saturated rings. The summed E-state index contributed by atoms with van der Waals surface area (Å²) in [6.07, 6.45) is -0.216. The Bertz CT molecular complexity index is 217. The van der Waals surface area contributed by atoms with Crippen molar-refractivity contribution in [2.75, 3.05) is 46.4 Å². The van der Waals surface area contributed by atoms with Crippen LogP contribution in [0.5, 0.6) is 0 Å². The summed E-state index contributed by atoms with van der Waals surface area (Å²) in [5, 5.41) is 0. The molecule has 1 rings (SSSR count). The maximum absolute atomic E-state index is 11.5. The van der Waals surface area contributed by atoms with Crippen LogP contribution in [0.4, 0.5) is 0 Å². The Hall–Kier alpha value is -0.650. The van der Waals surface area contributed by atoms with Crippen LogP contribution < -0.4 is 0 Å². The van der Waals surface area contributed by atoms with Crippen LogP contribution >= 0.6 is 0 Å². The second-order valence-electron chi connectivity index (χ2n) is 3.89. The Balaban J connectivity index is 2.36. The summed E-state index contributed by atoms with van der Waals surface area (Å²) in [5.41, 5.74) is 0. The molecule has 1 aliphatic rings. The molecule has 5 nitrogen and oxygen atoms in total. The van der Waals surface area contributed by atoms with Gasteiger partial charge in [0.15, 0.2) is 6.29 Å². The van der Waals surface area contributed by atoms with E-state index in [1.54, 1.807) is 4.90 Å². The molecule has 0 saturated carbocycles. The van der Waals surface area contributed by atoms with E-state index in [0.29, 0.717) is 26.3 Å². The van der Waals surface area contributed by atoms with E-state index in [9.17, 15) is 4.79 Å². The largest absolute Gasteiger partial charge is 0.352 e. The molecule has 0 bridgehead atoms. The molecular formula is C11H22N2O3. The van der Waals surface area contributed by atoms with Gasteiger partial charge in [-0.05, 0) is 13.8 Å². The monoisotopic (exact) mass is 230 g/mol. The third kappa shape index (κ3) is 4.08. The van der Waals surface area contributed by atoms with Crippen LogP contribution in [-0.4, -0.2) is 68.4 Å². The third-order valence-corrected chi connectivity index (χ3v) is 2.65. The van der Waals surface area contributed by atoms with E-state index in [2.05, 4.69) is 4.90 Å². The third-order valence-electron chi connectivity index (χ3n) is 2.65. The molecule has 1 saturated heterocycles. The lowest BCUT2D eigenvalue weighted by molar-refractivity contribution is -0.155. The van der Waals surface area contributed by atoms with Gasteiger partial charge in [-0.3, -0.25) is 9.69 Å². The number of rotatable bonds is 6. The number of amides is 1. The van der Waals surface area contributed by atoms with Crippen molar-refractivity contribution in [3.63, 3.8) is 0 Å². The Labute approximate surface area is 97.3 Å². The topological polar surface area (TPSA) is 42.0 Å². The minimum atomic E-state index is -0.216. The van der Waals surface area contributed by atoms with Crippen LogP contribution in [0.3, 0.4) is 0 Å². The van der Waals surface area contributed by atoms with Gasteiger partial charge in [-0.25, -0.2) is 0 Å². The molecule has 0 spiro atoms. The van der Waals surface area contributed by atoms with E-state index in [1.807, 2.05) is 20.9 Å². The molecule has 94 valence electrons. The first kappa shape index (κ1) is 13.4. The highest BCUT2D eigenvalue weighted by molar-refractivity contribution is 5.78. The van der Waals surface area contributed by atoms with Crippen LogP contribution in [-0.2, 0) is 14.3 Å². The molecule has 1 amide bonds. The number of piperazine rings is 1. The lowest BCUT2D eigenvalue weighted by atomic mass is 10.3. The van der Waals surface area contributed by atoms with Gasteiger partial charge in [0.05, 0.1) is 13.1 Å². The minimum absolute atomic E-state index is 0.165. The molecule has 0 radical (unpaired) electrons. The highest BCUT2D eigenvalue weighted by Crippen LogP contribution is 2.05. The van der Waals surface area contributed by atoms with E-state index in [4.69, 9.17) is 9.47 Å². The maximum atomic E-state index is 11.5. The summed E-state index contributed by atoms with van der Waals surface area (Å²) in [6, 6.07) is 0.